The van der Waals surface area contributed by atoms with E-state index in [1.807, 2.05) is 6.92 Å². The van der Waals surface area contributed by atoms with Crippen molar-refractivity contribution in [1.29, 1.82) is 0 Å². The van der Waals surface area contributed by atoms with Gasteiger partial charge in [-0.05, 0) is 0 Å². The minimum Gasteiger partial charge on any atom is -0.464 e. The van der Waals surface area contributed by atoms with E-state index < -0.39 is 0 Å². The maximum absolute atomic E-state index is 10.5. The Hall–Kier alpha value is -0.0500. The fourth-order valence-electron chi connectivity index (χ4n) is 0.585. The average Bonchev–Trinajstić information content (AvgIpc) is 1.98. The Labute approximate surface area is 56.3 Å². The zero-order valence-corrected chi connectivity index (χ0v) is 6.14. The molecule has 8 heavy (non-hydrogen) atoms. The molecule has 1 aliphatic heterocycles. The fourth-order valence-corrected chi connectivity index (χ4v) is 0.933. The van der Waals surface area contributed by atoms with Gasteiger partial charge in [0.05, 0.1) is 10.7 Å². The normalized spacial score (nSPS) is 37.5. The molecular weight excluding hydrogens is 172 g/mol. The topological polar surface area (TPSA) is 26.3 Å². The number of alkyl halides is 1. The number of hydrogen-bond acceptors (Lipinski definition) is 2. The van der Waals surface area contributed by atoms with Crippen molar-refractivity contribution in [2.75, 3.05) is 6.61 Å². The highest BCUT2D eigenvalue weighted by molar-refractivity contribution is 9.09. The van der Waals surface area contributed by atoms with Crippen LogP contribution in [0.2, 0.25) is 0 Å². The molecule has 0 spiro atoms. The molecule has 2 atom stereocenters. The molecule has 0 aromatic rings. The molecule has 0 radical (unpaired) electrons. The number of halogens is 1. The number of carbonyl (C=O) groups is 1. The van der Waals surface area contributed by atoms with Crippen LogP contribution in [0.4, 0.5) is 0 Å². The average molecular weight is 179 g/mol. The molecule has 46 valence electrons. The van der Waals surface area contributed by atoms with Gasteiger partial charge >= 0.3 is 5.97 Å². The van der Waals surface area contributed by atoms with Crippen LogP contribution in [-0.4, -0.2) is 17.4 Å². The van der Waals surface area contributed by atoms with Crippen LogP contribution < -0.4 is 0 Å². The van der Waals surface area contributed by atoms with Gasteiger partial charge in [0.1, 0.15) is 6.61 Å². The lowest BCUT2D eigenvalue weighted by Gasteiger charge is -1.96. The smallest absolute Gasteiger partial charge is 0.309 e. The van der Waals surface area contributed by atoms with E-state index in [1.165, 1.54) is 0 Å². The quantitative estimate of drug-likeness (QED) is 0.408. The van der Waals surface area contributed by atoms with E-state index in [-0.39, 0.29) is 16.7 Å². The summed E-state index contributed by atoms with van der Waals surface area (Å²) in [5.41, 5.74) is 0. The number of carbonyl (C=O) groups excluding carboxylic acids is 1. The Morgan fingerprint density at radius 3 is 2.62 bits per heavy atom. The number of hydrogen-bond donors (Lipinski definition) is 0. The van der Waals surface area contributed by atoms with Crippen molar-refractivity contribution in [1.82, 2.24) is 0 Å². The van der Waals surface area contributed by atoms with Crippen LogP contribution in [0.5, 0.6) is 0 Å². The van der Waals surface area contributed by atoms with E-state index in [4.69, 9.17) is 4.74 Å². The van der Waals surface area contributed by atoms with Gasteiger partial charge in [0.2, 0.25) is 0 Å². The first-order valence-corrected chi connectivity index (χ1v) is 3.44. The number of cyclic esters (lactones) is 1. The predicted octanol–water partition coefficient (Wildman–Crippen LogP) is 0.943. The van der Waals surface area contributed by atoms with Gasteiger partial charge in [0, 0.05) is 0 Å². The summed E-state index contributed by atoms with van der Waals surface area (Å²) in [4.78, 5) is 10.8. The highest BCUT2D eigenvalue weighted by Crippen LogP contribution is 2.20. The monoisotopic (exact) mass is 178 g/mol. The van der Waals surface area contributed by atoms with Crippen molar-refractivity contribution < 1.29 is 9.53 Å². The van der Waals surface area contributed by atoms with Crippen LogP contribution in [0.15, 0.2) is 0 Å². The van der Waals surface area contributed by atoms with Crippen molar-refractivity contribution in [2.24, 2.45) is 5.92 Å². The molecule has 1 heterocycles. The number of ether oxygens (including phenoxy) is 1. The molecule has 0 aliphatic carbocycles. The van der Waals surface area contributed by atoms with Crippen molar-refractivity contribution >= 4 is 21.9 Å². The largest absolute Gasteiger partial charge is 0.464 e. The minimum absolute atomic E-state index is 0.0370. The first kappa shape index (κ1) is 6.08. The molecule has 3 heteroatoms. The standard InChI is InChI=1S/C5H7BrO2/c1-3-4(6)2-8-5(3)7/h3-4H,2H2,1H3. The maximum atomic E-state index is 10.5. The zero-order chi connectivity index (χ0) is 6.15. The molecule has 2 nitrogen and oxygen atoms in total. The molecule has 1 aliphatic rings. The highest BCUT2D eigenvalue weighted by Gasteiger charge is 2.30. The molecule has 1 fully saturated rings. The van der Waals surface area contributed by atoms with Crippen molar-refractivity contribution in [3.8, 4) is 0 Å². The van der Waals surface area contributed by atoms with E-state index in [1.54, 1.807) is 0 Å². The predicted molar refractivity (Wildman–Crippen MR) is 32.8 cm³/mol. The van der Waals surface area contributed by atoms with Crippen LogP contribution >= 0.6 is 15.9 Å². The SMILES string of the molecule is CC1C(=O)OCC1Br. The fraction of sp³-hybridized carbons (Fsp3) is 0.800. The lowest BCUT2D eigenvalue weighted by Crippen LogP contribution is -2.09. The van der Waals surface area contributed by atoms with Gasteiger partial charge in [-0.25, -0.2) is 0 Å². The lowest BCUT2D eigenvalue weighted by molar-refractivity contribution is -0.140. The molecule has 2 unspecified atom stereocenters. The Morgan fingerprint density at radius 1 is 1.88 bits per heavy atom. The van der Waals surface area contributed by atoms with Gasteiger partial charge in [0.15, 0.2) is 0 Å². The molecule has 0 saturated carbocycles. The van der Waals surface area contributed by atoms with E-state index in [9.17, 15) is 4.79 Å². The maximum Gasteiger partial charge on any atom is 0.309 e. The summed E-state index contributed by atoms with van der Waals surface area (Å²) in [5, 5.41) is 0. The van der Waals surface area contributed by atoms with Crippen LogP contribution in [-0.2, 0) is 9.53 Å². The summed E-state index contributed by atoms with van der Waals surface area (Å²) in [6.07, 6.45) is 0. The van der Waals surface area contributed by atoms with Crippen LogP contribution in [0, 0.1) is 5.92 Å². The number of rotatable bonds is 0. The first-order valence-electron chi connectivity index (χ1n) is 2.52. The first-order chi connectivity index (χ1) is 3.72. The van der Waals surface area contributed by atoms with Crippen LogP contribution in [0.25, 0.3) is 0 Å². The van der Waals surface area contributed by atoms with E-state index in [2.05, 4.69) is 15.9 Å². The van der Waals surface area contributed by atoms with Gasteiger partial charge in [0.25, 0.3) is 0 Å². The van der Waals surface area contributed by atoms with Gasteiger partial charge in [-0.1, -0.05) is 22.9 Å². The van der Waals surface area contributed by atoms with Crippen molar-refractivity contribution in [3.05, 3.63) is 0 Å². The molecule has 0 aromatic heterocycles. The third-order valence-corrected chi connectivity index (χ3v) is 2.36. The zero-order valence-electron chi connectivity index (χ0n) is 4.56. The Balaban J connectivity index is 2.56. The molecule has 1 rings (SSSR count). The molecule has 0 aromatic carbocycles. The minimum atomic E-state index is -0.0909. The van der Waals surface area contributed by atoms with Crippen molar-refractivity contribution in [3.63, 3.8) is 0 Å². The summed E-state index contributed by atoms with van der Waals surface area (Å²) in [5.74, 6) is -0.0538. The summed E-state index contributed by atoms with van der Waals surface area (Å²) < 4.78 is 4.69. The van der Waals surface area contributed by atoms with Gasteiger partial charge in [-0.15, -0.1) is 0 Å². The van der Waals surface area contributed by atoms with Gasteiger partial charge < -0.3 is 4.74 Å². The number of esters is 1. The van der Waals surface area contributed by atoms with Crippen LogP contribution in [0.1, 0.15) is 6.92 Å². The second-order valence-electron chi connectivity index (χ2n) is 1.93. The molecular formula is C5H7BrO2. The Kier molecular flexibility index (Phi) is 1.56. The van der Waals surface area contributed by atoms with Gasteiger partial charge in [-0.2, -0.15) is 0 Å². The Bertz CT molecular complexity index is 113. The molecule has 0 N–H and O–H groups in total. The molecule has 0 amide bonds. The lowest BCUT2D eigenvalue weighted by atomic mass is 10.1. The van der Waals surface area contributed by atoms with E-state index in [0.717, 1.165) is 0 Å². The highest BCUT2D eigenvalue weighted by atomic mass is 79.9. The summed E-state index contributed by atoms with van der Waals surface area (Å²) in [6.45, 7) is 2.38. The third kappa shape index (κ3) is 0.869. The summed E-state index contributed by atoms with van der Waals surface area (Å²) >= 11 is 3.30. The second-order valence-corrected chi connectivity index (χ2v) is 3.11. The second kappa shape index (κ2) is 2.05. The third-order valence-electron chi connectivity index (χ3n) is 1.30. The molecule has 0 bridgehead atoms. The van der Waals surface area contributed by atoms with E-state index in [0.29, 0.717) is 6.61 Å². The summed E-state index contributed by atoms with van der Waals surface area (Å²) in [6, 6.07) is 0. The Morgan fingerprint density at radius 2 is 2.50 bits per heavy atom. The van der Waals surface area contributed by atoms with E-state index >= 15 is 0 Å². The summed E-state index contributed by atoms with van der Waals surface area (Å²) in [7, 11) is 0. The molecule has 1 saturated heterocycles. The van der Waals surface area contributed by atoms with Gasteiger partial charge in [-0.3, -0.25) is 4.79 Å². The van der Waals surface area contributed by atoms with Crippen LogP contribution in [0.3, 0.4) is 0 Å². The van der Waals surface area contributed by atoms with Crippen molar-refractivity contribution in [2.45, 2.75) is 11.8 Å².